The number of nitrogens with zero attached hydrogens (tertiary/aromatic N) is 2. The van der Waals surface area contributed by atoms with Gasteiger partial charge < -0.3 is 4.90 Å². The van der Waals surface area contributed by atoms with Crippen LogP contribution >= 0.6 is 0 Å². The average Bonchev–Trinajstić information content (AvgIpc) is 3.45. The molecule has 2 aliphatic rings. The van der Waals surface area contributed by atoms with Crippen LogP contribution in [0.3, 0.4) is 0 Å². The average molecular weight is 414 g/mol. The van der Waals surface area contributed by atoms with Gasteiger partial charge >= 0.3 is 0 Å². The Hall–Kier alpha value is -2.22. The van der Waals surface area contributed by atoms with E-state index >= 15 is 0 Å². The smallest absolute Gasteiger partial charge is 0.241 e. The number of fused-ring (bicyclic) bond motifs is 1. The number of hydrogen-bond acceptors (Lipinski definition) is 4. The van der Waals surface area contributed by atoms with Crippen molar-refractivity contribution in [1.82, 2.24) is 4.90 Å². The molecule has 1 aliphatic carbocycles. The molecule has 4 rings (SSSR count). The van der Waals surface area contributed by atoms with Crippen molar-refractivity contribution in [3.8, 4) is 0 Å². The highest BCUT2D eigenvalue weighted by molar-refractivity contribution is 7.89. The van der Waals surface area contributed by atoms with E-state index in [0.29, 0.717) is 31.5 Å². The van der Waals surface area contributed by atoms with E-state index in [4.69, 9.17) is 5.14 Å². The fraction of sp³-hybridized carbons (Fsp3) is 0.409. The van der Waals surface area contributed by atoms with Crippen LogP contribution in [0, 0.1) is 5.92 Å². The van der Waals surface area contributed by atoms with Crippen LogP contribution in [-0.2, 0) is 27.8 Å². The zero-order valence-corrected chi connectivity index (χ0v) is 17.4. The Morgan fingerprint density at radius 3 is 2.59 bits per heavy atom. The molecule has 0 radical (unpaired) electrons. The van der Waals surface area contributed by atoms with Crippen LogP contribution in [0.15, 0.2) is 53.4 Å². The van der Waals surface area contributed by atoms with E-state index in [1.807, 2.05) is 18.2 Å². The monoisotopic (exact) mass is 413 g/mol. The van der Waals surface area contributed by atoms with Gasteiger partial charge in [0.2, 0.25) is 15.9 Å². The molecule has 1 unspecified atom stereocenters. The fourth-order valence-electron chi connectivity index (χ4n) is 4.11. The molecule has 29 heavy (non-hydrogen) atoms. The predicted molar refractivity (Wildman–Crippen MR) is 113 cm³/mol. The first-order valence-corrected chi connectivity index (χ1v) is 11.6. The van der Waals surface area contributed by atoms with Crippen LogP contribution in [0.5, 0.6) is 0 Å². The number of benzene rings is 2. The summed E-state index contributed by atoms with van der Waals surface area (Å²) in [6.45, 7) is 3.88. The van der Waals surface area contributed by atoms with Gasteiger partial charge in [-0.05, 0) is 61.4 Å². The van der Waals surface area contributed by atoms with E-state index in [9.17, 15) is 13.2 Å². The van der Waals surface area contributed by atoms with Gasteiger partial charge in [-0.3, -0.25) is 9.69 Å². The Bertz CT molecular complexity index is 1000. The summed E-state index contributed by atoms with van der Waals surface area (Å²) >= 11 is 0. The van der Waals surface area contributed by atoms with Crippen LogP contribution in [0.4, 0.5) is 5.69 Å². The molecule has 1 atom stereocenters. The van der Waals surface area contributed by atoms with Gasteiger partial charge in [-0.25, -0.2) is 13.6 Å². The Kier molecular flexibility index (Phi) is 5.46. The molecule has 0 spiro atoms. The maximum absolute atomic E-state index is 13.2. The van der Waals surface area contributed by atoms with Gasteiger partial charge in [0, 0.05) is 24.8 Å². The minimum Gasteiger partial charge on any atom is -0.311 e. The summed E-state index contributed by atoms with van der Waals surface area (Å²) in [6, 6.07) is 15.4. The SMILES string of the molecule is CC(C1CC1)N(CC(=O)N1CCc2cc(S(N)(=O)=O)ccc21)Cc1ccccc1. The maximum atomic E-state index is 13.2. The van der Waals surface area contributed by atoms with Gasteiger partial charge in [-0.2, -0.15) is 0 Å². The van der Waals surface area contributed by atoms with Crippen LogP contribution in [0.2, 0.25) is 0 Å². The minimum absolute atomic E-state index is 0.0514. The largest absolute Gasteiger partial charge is 0.311 e. The summed E-state index contributed by atoms with van der Waals surface area (Å²) in [7, 11) is -3.74. The molecular weight excluding hydrogens is 386 g/mol. The van der Waals surface area contributed by atoms with Gasteiger partial charge in [0.15, 0.2) is 0 Å². The van der Waals surface area contributed by atoms with Gasteiger partial charge in [0.25, 0.3) is 0 Å². The second-order valence-corrected chi connectivity index (χ2v) is 9.66. The lowest BCUT2D eigenvalue weighted by Gasteiger charge is -2.30. The molecule has 2 aromatic carbocycles. The topological polar surface area (TPSA) is 83.7 Å². The highest BCUT2D eigenvalue weighted by Gasteiger charge is 2.34. The quantitative estimate of drug-likeness (QED) is 0.756. The zero-order chi connectivity index (χ0) is 20.6. The highest BCUT2D eigenvalue weighted by atomic mass is 32.2. The first kappa shape index (κ1) is 20.1. The lowest BCUT2D eigenvalue weighted by atomic mass is 10.1. The second-order valence-electron chi connectivity index (χ2n) is 8.10. The van der Waals surface area contributed by atoms with Crippen molar-refractivity contribution in [3.63, 3.8) is 0 Å². The number of carbonyl (C=O) groups is 1. The first-order chi connectivity index (χ1) is 13.8. The predicted octanol–water partition coefficient (Wildman–Crippen LogP) is 2.52. The lowest BCUT2D eigenvalue weighted by molar-refractivity contribution is -0.120. The molecule has 7 heteroatoms. The molecule has 2 aromatic rings. The van der Waals surface area contributed by atoms with E-state index in [0.717, 1.165) is 17.8 Å². The Morgan fingerprint density at radius 2 is 1.93 bits per heavy atom. The number of primary sulfonamides is 1. The molecule has 1 fully saturated rings. The second kappa shape index (κ2) is 7.89. The summed E-state index contributed by atoms with van der Waals surface area (Å²) in [5.41, 5.74) is 2.85. The van der Waals surface area contributed by atoms with Crippen molar-refractivity contribution in [3.05, 3.63) is 59.7 Å². The minimum atomic E-state index is -3.74. The Morgan fingerprint density at radius 1 is 1.21 bits per heavy atom. The van der Waals surface area contributed by atoms with Crippen molar-refractivity contribution >= 4 is 21.6 Å². The highest BCUT2D eigenvalue weighted by Crippen LogP contribution is 2.36. The number of nitrogens with two attached hydrogens (primary N) is 1. The molecule has 0 saturated heterocycles. The summed E-state index contributed by atoms with van der Waals surface area (Å²) in [5, 5.41) is 5.24. The van der Waals surface area contributed by atoms with E-state index in [-0.39, 0.29) is 10.8 Å². The van der Waals surface area contributed by atoms with E-state index in [1.54, 1.807) is 17.0 Å². The van der Waals surface area contributed by atoms with Crippen molar-refractivity contribution in [2.24, 2.45) is 11.1 Å². The van der Waals surface area contributed by atoms with E-state index in [1.165, 1.54) is 24.5 Å². The third kappa shape index (κ3) is 4.52. The molecular formula is C22H27N3O3S. The number of sulfonamides is 1. The normalized spacial score (nSPS) is 17.4. The summed E-state index contributed by atoms with van der Waals surface area (Å²) in [5.74, 6) is 0.713. The molecule has 154 valence electrons. The number of rotatable bonds is 7. The molecule has 1 saturated carbocycles. The summed E-state index contributed by atoms with van der Waals surface area (Å²) in [4.78, 5) is 17.3. The zero-order valence-electron chi connectivity index (χ0n) is 16.6. The number of anilines is 1. The van der Waals surface area contributed by atoms with Crippen LogP contribution < -0.4 is 10.0 Å². The Labute approximate surface area is 172 Å². The van der Waals surface area contributed by atoms with Gasteiger partial charge in [-0.15, -0.1) is 0 Å². The van der Waals surface area contributed by atoms with Crippen molar-refractivity contribution in [1.29, 1.82) is 0 Å². The molecule has 2 N–H and O–H groups in total. The number of amides is 1. The Balaban J connectivity index is 1.51. The molecule has 0 aromatic heterocycles. The molecule has 0 bridgehead atoms. The first-order valence-electron chi connectivity index (χ1n) is 10.1. The molecule has 1 heterocycles. The van der Waals surface area contributed by atoms with Gasteiger partial charge in [0.1, 0.15) is 0 Å². The number of hydrogen-bond donors (Lipinski definition) is 1. The van der Waals surface area contributed by atoms with E-state index < -0.39 is 10.0 Å². The summed E-state index contributed by atoms with van der Waals surface area (Å²) < 4.78 is 23.2. The third-order valence-corrected chi connectivity index (χ3v) is 6.93. The van der Waals surface area contributed by atoms with Crippen LogP contribution in [0.1, 0.15) is 30.9 Å². The van der Waals surface area contributed by atoms with Gasteiger partial charge in [0.05, 0.1) is 11.4 Å². The molecule has 6 nitrogen and oxygen atoms in total. The molecule has 1 amide bonds. The van der Waals surface area contributed by atoms with Crippen molar-refractivity contribution in [2.45, 2.75) is 43.7 Å². The van der Waals surface area contributed by atoms with Crippen molar-refractivity contribution in [2.75, 3.05) is 18.0 Å². The van der Waals surface area contributed by atoms with Gasteiger partial charge in [-0.1, -0.05) is 30.3 Å². The number of carbonyl (C=O) groups excluding carboxylic acids is 1. The molecule has 1 aliphatic heterocycles. The summed E-state index contributed by atoms with van der Waals surface area (Å²) in [6.07, 6.45) is 3.09. The standard InChI is InChI=1S/C22H27N3O3S/c1-16(18-7-8-18)24(14-17-5-3-2-4-6-17)15-22(26)25-12-11-19-13-20(29(23,27)28)9-10-21(19)25/h2-6,9-10,13,16,18H,7-8,11-12,14-15H2,1H3,(H2,23,27,28). The van der Waals surface area contributed by atoms with E-state index in [2.05, 4.69) is 24.0 Å². The maximum Gasteiger partial charge on any atom is 0.241 e. The third-order valence-electron chi connectivity index (χ3n) is 6.02. The van der Waals surface area contributed by atoms with Crippen LogP contribution in [0.25, 0.3) is 0 Å². The van der Waals surface area contributed by atoms with Crippen LogP contribution in [-0.4, -0.2) is 38.4 Å². The van der Waals surface area contributed by atoms with Crippen molar-refractivity contribution < 1.29 is 13.2 Å². The lowest BCUT2D eigenvalue weighted by Crippen LogP contribution is -2.43. The fourth-order valence-corrected chi connectivity index (χ4v) is 4.68.